The van der Waals surface area contributed by atoms with Crippen LogP contribution < -0.4 is 10.6 Å². The number of nitrogens with zero attached hydrogens (tertiary/aromatic N) is 3. The molecule has 164 valence electrons. The van der Waals surface area contributed by atoms with Crippen LogP contribution >= 0.6 is 0 Å². The Morgan fingerprint density at radius 1 is 1.03 bits per heavy atom. The maximum atomic E-state index is 13.4. The van der Waals surface area contributed by atoms with Crippen LogP contribution in [-0.2, 0) is 4.79 Å². The Hall–Kier alpha value is -4.26. The number of para-hydroxylation sites is 1. The van der Waals surface area contributed by atoms with Crippen LogP contribution in [-0.4, -0.2) is 32.6 Å². The molecule has 0 bridgehead atoms. The van der Waals surface area contributed by atoms with E-state index in [0.717, 1.165) is 28.1 Å². The second-order valence-corrected chi connectivity index (χ2v) is 8.17. The van der Waals surface area contributed by atoms with Crippen LogP contribution in [0.5, 0.6) is 0 Å². The van der Waals surface area contributed by atoms with Crippen LogP contribution in [0.4, 0.5) is 5.82 Å². The highest BCUT2D eigenvalue weighted by atomic mass is 16.2. The van der Waals surface area contributed by atoms with Gasteiger partial charge in [-0.3, -0.25) is 14.6 Å². The van der Waals surface area contributed by atoms with Gasteiger partial charge in [0, 0.05) is 29.4 Å². The number of hydrogen-bond donors (Lipinski definition) is 2. The summed E-state index contributed by atoms with van der Waals surface area (Å²) in [5.41, 5.74) is 4.80. The molecule has 2 atom stereocenters. The number of amides is 2. The summed E-state index contributed by atoms with van der Waals surface area (Å²) >= 11 is 0. The number of rotatable bonds is 4. The van der Waals surface area contributed by atoms with Gasteiger partial charge in [0.25, 0.3) is 5.91 Å². The predicted molar refractivity (Wildman–Crippen MR) is 125 cm³/mol. The van der Waals surface area contributed by atoms with E-state index in [9.17, 15) is 9.59 Å². The third kappa shape index (κ3) is 3.78. The Bertz CT molecular complexity index is 1330. The zero-order chi connectivity index (χ0) is 22.9. The average Bonchev–Trinajstić information content (AvgIpc) is 3.16. The Morgan fingerprint density at radius 2 is 1.85 bits per heavy atom. The molecule has 0 radical (unpaired) electrons. The number of carbonyl (C=O) groups is 2. The molecule has 2 N–H and O–H groups in total. The fraction of sp³-hybridized carbons (Fsp3) is 0.154. The van der Waals surface area contributed by atoms with E-state index in [1.165, 1.54) is 0 Å². The van der Waals surface area contributed by atoms with Crippen LogP contribution in [0.15, 0.2) is 79.1 Å². The molecule has 7 heteroatoms. The van der Waals surface area contributed by atoms with Crippen molar-refractivity contribution in [2.45, 2.75) is 25.8 Å². The number of aryl methyl sites for hydroxylation is 2. The molecule has 3 heterocycles. The van der Waals surface area contributed by atoms with Crippen molar-refractivity contribution in [2.24, 2.45) is 0 Å². The highest BCUT2D eigenvalue weighted by Crippen LogP contribution is 2.40. The summed E-state index contributed by atoms with van der Waals surface area (Å²) in [6, 6.07) is 19.9. The summed E-state index contributed by atoms with van der Waals surface area (Å²) in [6.07, 6.45) is 3.42. The van der Waals surface area contributed by atoms with Crippen LogP contribution in [0.3, 0.4) is 0 Å². The van der Waals surface area contributed by atoms with Crippen LogP contribution in [0.25, 0.3) is 5.69 Å². The number of pyridine rings is 1. The molecule has 4 aromatic rings. The number of fused-ring (bicyclic) bond motifs is 1. The normalized spacial score (nSPS) is 17.2. The Balaban J connectivity index is 1.61. The molecule has 2 amide bonds. The van der Waals surface area contributed by atoms with E-state index < -0.39 is 12.0 Å². The zero-order valence-electron chi connectivity index (χ0n) is 18.3. The average molecular weight is 438 g/mol. The van der Waals surface area contributed by atoms with E-state index in [-0.39, 0.29) is 11.8 Å². The van der Waals surface area contributed by atoms with Crippen LogP contribution in [0, 0.1) is 13.8 Å². The minimum Gasteiger partial charge on any atom is -0.339 e. The molecule has 1 aliphatic rings. The summed E-state index contributed by atoms with van der Waals surface area (Å²) in [4.78, 5) is 30.7. The molecule has 0 fully saturated rings. The molecule has 5 rings (SSSR count). The van der Waals surface area contributed by atoms with Crippen molar-refractivity contribution >= 4 is 17.6 Å². The molecule has 0 saturated carbocycles. The minimum absolute atomic E-state index is 0.297. The second kappa shape index (κ2) is 8.35. The molecule has 7 nitrogen and oxygen atoms in total. The SMILES string of the molecule is Cc1cccc(C(=O)N[C@@H]2C(=O)Nc3c(c(C)nn3-c3ccccc3)[C@@H]2c2cccnc2)c1. The fourth-order valence-corrected chi connectivity index (χ4v) is 4.38. The highest BCUT2D eigenvalue weighted by molar-refractivity contribution is 6.04. The van der Waals surface area contributed by atoms with Gasteiger partial charge in [0.2, 0.25) is 5.91 Å². The van der Waals surface area contributed by atoms with Gasteiger partial charge >= 0.3 is 0 Å². The van der Waals surface area contributed by atoms with Gasteiger partial charge in [-0.25, -0.2) is 4.68 Å². The van der Waals surface area contributed by atoms with E-state index in [1.54, 1.807) is 29.2 Å². The third-order valence-electron chi connectivity index (χ3n) is 5.89. The molecule has 2 aromatic heterocycles. The number of anilines is 1. The molecular weight excluding hydrogens is 414 g/mol. The van der Waals surface area contributed by atoms with E-state index in [2.05, 4.69) is 15.6 Å². The largest absolute Gasteiger partial charge is 0.339 e. The number of aromatic nitrogens is 3. The predicted octanol–water partition coefficient (Wildman–Crippen LogP) is 3.77. The molecule has 1 aliphatic heterocycles. The highest BCUT2D eigenvalue weighted by Gasteiger charge is 2.42. The van der Waals surface area contributed by atoms with Crippen molar-refractivity contribution in [2.75, 3.05) is 5.32 Å². The van der Waals surface area contributed by atoms with E-state index in [0.29, 0.717) is 11.4 Å². The first-order valence-corrected chi connectivity index (χ1v) is 10.8. The van der Waals surface area contributed by atoms with E-state index >= 15 is 0 Å². The van der Waals surface area contributed by atoms with Crippen molar-refractivity contribution in [1.29, 1.82) is 0 Å². The van der Waals surface area contributed by atoms with Crippen molar-refractivity contribution < 1.29 is 9.59 Å². The van der Waals surface area contributed by atoms with Crippen molar-refractivity contribution in [3.8, 4) is 5.69 Å². The molecule has 0 spiro atoms. The molecule has 33 heavy (non-hydrogen) atoms. The molecule has 2 aromatic carbocycles. The monoisotopic (exact) mass is 437 g/mol. The smallest absolute Gasteiger partial charge is 0.251 e. The van der Waals surface area contributed by atoms with Gasteiger partial charge in [0.1, 0.15) is 11.9 Å². The van der Waals surface area contributed by atoms with Gasteiger partial charge in [-0.05, 0) is 49.7 Å². The van der Waals surface area contributed by atoms with Gasteiger partial charge < -0.3 is 10.6 Å². The minimum atomic E-state index is -0.818. The van der Waals surface area contributed by atoms with Crippen molar-refractivity contribution in [1.82, 2.24) is 20.1 Å². The molecule has 0 unspecified atom stereocenters. The maximum absolute atomic E-state index is 13.4. The van der Waals surface area contributed by atoms with Gasteiger partial charge in [0.05, 0.1) is 11.4 Å². The van der Waals surface area contributed by atoms with Gasteiger partial charge in [-0.1, -0.05) is 42.0 Å². The van der Waals surface area contributed by atoms with Gasteiger partial charge in [-0.2, -0.15) is 5.10 Å². The lowest BCUT2D eigenvalue weighted by atomic mass is 9.82. The Labute approximate surface area is 191 Å². The fourth-order valence-electron chi connectivity index (χ4n) is 4.38. The summed E-state index contributed by atoms with van der Waals surface area (Å²) in [7, 11) is 0. The lowest BCUT2D eigenvalue weighted by molar-refractivity contribution is -0.118. The van der Waals surface area contributed by atoms with E-state index in [4.69, 9.17) is 5.10 Å². The molecule has 0 saturated heterocycles. The number of benzene rings is 2. The van der Waals surface area contributed by atoms with E-state index in [1.807, 2.05) is 68.4 Å². The second-order valence-electron chi connectivity index (χ2n) is 8.17. The summed E-state index contributed by atoms with van der Waals surface area (Å²) < 4.78 is 1.74. The maximum Gasteiger partial charge on any atom is 0.251 e. The lowest BCUT2D eigenvalue weighted by Crippen LogP contribution is -2.50. The first-order chi connectivity index (χ1) is 16.0. The first kappa shape index (κ1) is 20.6. The summed E-state index contributed by atoms with van der Waals surface area (Å²) in [5.74, 6) is -0.425. The third-order valence-corrected chi connectivity index (χ3v) is 5.89. The quantitative estimate of drug-likeness (QED) is 0.509. The topological polar surface area (TPSA) is 88.9 Å². The number of hydrogen-bond acceptors (Lipinski definition) is 4. The standard InChI is InChI=1S/C26H23N5O2/c1-16-8-6-9-18(14-16)25(32)28-23-22(19-10-7-13-27-15-19)21-17(2)30-31(24(21)29-26(23)33)20-11-4-3-5-12-20/h3-15,22-23H,1-2H3,(H,28,32)(H,29,33)/t22-,23-/m0/s1. The Morgan fingerprint density at radius 3 is 2.58 bits per heavy atom. The summed E-state index contributed by atoms with van der Waals surface area (Å²) in [6.45, 7) is 3.84. The van der Waals surface area contributed by atoms with Crippen LogP contribution in [0.1, 0.15) is 38.7 Å². The van der Waals surface area contributed by atoms with Gasteiger partial charge in [0.15, 0.2) is 0 Å². The Kier molecular flexibility index (Phi) is 5.22. The number of nitrogens with one attached hydrogen (secondary N) is 2. The van der Waals surface area contributed by atoms with Gasteiger partial charge in [-0.15, -0.1) is 0 Å². The van der Waals surface area contributed by atoms with Crippen molar-refractivity contribution in [3.63, 3.8) is 0 Å². The molecular formula is C26H23N5O2. The summed E-state index contributed by atoms with van der Waals surface area (Å²) in [5, 5.41) is 10.7. The molecule has 0 aliphatic carbocycles. The first-order valence-electron chi connectivity index (χ1n) is 10.8. The number of carbonyl (C=O) groups excluding carboxylic acids is 2. The van der Waals surface area contributed by atoms with Crippen molar-refractivity contribution in [3.05, 3.63) is 107 Å². The van der Waals surface area contributed by atoms with Crippen LogP contribution in [0.2, 0.25) is 0 Å². The zero-order valence-corrected chi connectivity index (χ0v) is 18.3. The lowest BCUT2D eigenvalue weighted by Gasteiger charge is -2.32.